The number of rotatable bonds is 2. The minimum absolute atomic E-state index is 0.330. The summed E-state index contributed by atoms with van der Waals surface area (Å²) in [4.78, 5) is 0. The summed E-state index contributed by atoms with van der Waals surface area (Å²) in [6, 6.07) is 4.02. The molecule has 0 radical (unpaired) electrons. The van der Waals surface area contributed by atoms with Gasteiger partial charge in [0.1, 0.15) is 0 Å². The van der Waals surface area contributed by atoms with Gasteiger partial charge in [0.2, 0.25) is 0 Å². The summed E-state index contributed by atoms with van der Waals surface area (Å²) >= 11 is 6.10. The van der Waals surface area contributed by atoms with E-state index in [2.05, 4.69) is 6.92 Å². The van der Waals surface area contributed by atoms with E-state index in [4.69, 9.17) is 11.6 Å². The number of aliphatic hydroxyl groups is 1. The fourth-order valence-electron chi connectivity index (χ4n) is 3.00. The zero-order valence-corrected chi connectivity index (χ0v) is 11.6. The normalized spacial score (nSPS) is 26.2. The van der Waals surface area contributed by atoms with Crippen LogP contribution in [0, 0.1) is 25.7 Å². The van der Waals surface area contributed by atoms with Crippen LogP contribution in [0.3, 0.4) is 0 Å². The van der Waals surface area contributed by atoms with Crippen molar-refractivity contribution in [3.63, 3.8) is 0 Å². The van der Waals surface area contributed by atoms with E-state index >= 15 is 0 Å². The van der Waals surface area contributed by atoms with Crippen LogP contribution in [-0.2, 0) is 0 Å². The summed E-state index contributed by atoms with van der Waals surface area (Å²) in [5.74, 6) is 1.04. The summed E-state index contributed by atoms with van der Waals surface area (Å²) in [6.45, 7) is 6.28. The van der Waals surface area contributed by atoms with Gasteiger partial charge in [-0.15, -0.1) is 0 Å². The van der Waals surface area contributed by atoms with Crippen LogP contribution in [0.5, 0.6) is 0 Å². The topological polar surface area (TPSA) is 20.2 Å². The van der Waals surface area contributed by atoms with Crippen molar-refractivity contribution in [3.8, 4) is 0 Å². The van der Waals surface area contributed by atoms with Crippen LogP contribution in [-0.4, -0.2) is 5.11 Å². The first-order valence-electron chi connectivity index (χ1n) is 6.45. The van der Waals surface area contributed by atoms with Crippen molar-refractivity contribution < 1.29 is 5.11 Å². The fraction of sp³-hybridized carbons (Fsp3) is 0.600. The van der Waals surface area contributed by atoms with Gasteiger partial charge in [0, 0.05) is 5.02 Å². The molecule has 1 fully saturated rings. The van der Waals surface area contributed by atoms with Gasteiger partial charge in [0.25, 0.3) is 0 Å². The third-order valence-corrected chi connectivity index (χ3v) is 4.61. The van der Waals surface area contributed by atoms with E-state index in [1.807, 2.05) is 26.0 Å². The molecule has 94 valence electrons. The highest BCUT2D eigenvalue weighted by Crippen LogP contribution is 2.41. The highest BCUT2D eigenvalue weighted by atomic mass is 35.5. The van der Waals surface area contributed by atoms with Crippen LogP contribution in [0.4, 0.5) is 0 Å². The predicted octanol–water partition coefficient (Wildman–Crippen LogP) is 4.43. The second-order valence-electron chi connectivity index (χ2n) is 5.47. The first-order chi connectivity index (χ1) is 8.00. The molecule has 1 aliphatic rings. The number of hydrogen-bond acceptors (Lipinski definition) is 1. The summed E-state index contributed by atoms with van der Waals surface area (Å²) < 4.78 is 0. The van der Waals surface area contributed by atoms with E-state index in [0.717, 1.165) is 28.1 Å². The van der Waals surface area contributed by atoms with Crippen molar-refractivity contribution in [2.75, 3.05) is 0 Å². The summed E-state index contributed by atoms with van der Waals surface area (Å²) in [6.07, 6.45) is 3.30. The molecular formula is C15H21ClO. The Hall–Kier alpha value is -0.530. The van der Waals surface area contributed by atoms with E-state index in [-0.39, 0.29) is 6.10 Å². The van der Waals surface area contributed by atoms with E-state index in [9.17, 15) is 5.11 Å². The molecule has 17 heavy (non-hydrogen) atoms. The van der Waals surface area contributed by atoms with Crippen LogP contribution in [0.15, 0.2) is 12.1 Å². The average molecular weight is 253 g/mol. The number of halogens is 1. The molecule has 2 heteroatoms. The smallest absolute Gasteiger partial charge is 0.0823 e. The summed E-state index contributed by atoms with van der Waals surface area (Å²) in [5, 5.41) is 11.3. The molecule has 1 aliphatic carbocycles. The van der Waals surface area contributed by atoms with Crippen molar-refractivity contribution in [1.29, 1.82) is 0 Å². The van der Waals surface area contributed by atoms with E-state index in [1.165, 1.54) is 12.8 Å². The minimum atomic E-state index is -0.330. The van der Waals surface area contributed by atoms with Gasteiger partial charge in [0.05, 0.1) is 6.10 Å². The molecule has 1 N–H and O–H groups in total. The first-order valence-corrected chi connectivity index (χ1v) is 6.83. The molecule has 0 saturated heterocycles. The van der Waals surface area contributed by atoms with Crippen molar-refractivity contribution in [2.24, 2.45) is 11.8 Å². The molecule has 0 aliphatic heterocycles. The van der Waals surface area contributed by atoms with Crippen molar-refractivity contribution >= 4 is 11.6 Å². The van der Waals surface area contributed by atoms with Crippen LogP contribution in [0.2, 0.25) is 5.02 Å². The molecular weight excluding hydrogens is 232 g/mol. The molecule has 0 amide bonds. The quantitative estimate of drug-likeness (QED) is 0.826. The van der Waals surface area contributed by atoms with Gasteiger partial charge < -0.3 is 5.11 Å². The molecule has 1 saturated carbocycles. The van der Waals surface area contributed by atoms with Gasteiger partial charge in [-0.3, -0.25) is 0 Å². The fourth-order valence-corrected chi connectivity index (χ4v) is 3.21. The molecule has 0 bridgehead atoms. The highest BCUT2D eigenvalue weighted by molar-refractivity contribution is 6.31. The van der Waals surface area contributed by atoms with Crippen LogP contribution in [0.25, 0.3) is 0 Å². The lowest BCUT2D eigenvalue weighted by atomic mass is 9.86. The second-order valence-corrected chi connectivity index (χ2v) is 5.88. The Balaban J connectivity index is 2.30. The number of aryl methyl sites for hydroxylation is 2. The van der Waals surface area contributed by atoms with Crippen LogP contribution >= 0.6 is 11.6 Å². The number of hydrogen-bond donors (Lipinski definition) is 1. The predicted molar refractivity (Wildman–Crippen MR) is 72.4 cm³/mol. The Morgan fingerprint density at radius 2 is 1.94 bits per heavy atom. The Morgan fingerprint density at radius 1 is 1.24 bits per heavy atom. The third-order valence-electron chi connectivity index (χ3n) is 4.20. The van der Waals surface area contributed by atoms with E-state index in [1.54, 1.807) is 0 Å². The van der Waals surface area contributed by atoms with Gasteiger partial charge in [-0.1, -0.05) is 37.4 Å². The molecule has 3 unspecified atom stereocenters. The Labute approximate surface area is 109 Å². The van der Waals surface area contributed by atoms with Gasteiger partial charge in [-0.05, 0) is 54.9 Å². The standard InChI is InChI=1S/C15H21ClO/c1-9-5-4-6-12(9)15(17)13-7-11(3)14(16)8-10(13)2/h7-9,12,15,17H,4-6H2,1-3H3. The van der Waals surface area contributed by atoms with Crippen molar-refractivity contribution in [3.05, 3.63) is 33.8 Å². The zero-order chi connectivity index (χ0) is 12.6. The third kappa shape index (κ3) is 2.51. The number of aliphatic hydroxyl groups excluding tert-OH is 1. The molecule has 0 aromatic heterocycles. The lowest BCUT2D eigenvalue weighted by Gasteiger charge is -2.24. The Bertz CT molecular complexity index is 414. The highest BCUT2D eigenvalue weighted by Gasteiger charge is 2.31. The molecule has 3 atom stereocenters. The molecule has 2 rings (SSSR count). The Morgan fingerprint density at radius 3 is 2.53 bits per heavy atom. The van der Waals surface area contributed by atoms with Gasteiger partial charge >= 0.3 is 0 Å². The van der Waals surface area contributed by atoms with Crippen molar-refractivity contribution in [1.82, 2.24) is 0 Å². The van der Waals surface area contributed by atoms with E-state index in [0.29, 0.717) is 11.8 Å². The lowest BCUT2D eigenvalue weighted by molar-refractivity contribution is 0.0894. The Kier molecular flexibility index (Phi) is 3.79. The first kappa shape index (κ1) is 12.9. The maximum Gasteiger partial charge on any atom is 0.0823 e. The molecule has 0 spiro atoms. The van der Waals surface area contributed by atoms with Crippen molar-refractivity contribution in [2.45, 2.75) is 46.1 Å². The molecule has 1 aromatic rings. The monoisotopic (exact) mass is 252 g/mol. The SMILES string of the molecule is Cc1cc(C(O)C2CCCC2C)c(C)cc1Cl. The maximum absolute atomic E-state index is 10.5. The van der Waals surface area contributed by atoms with E-state index < -0.39 is 0 Å². The zero-order valence-electron chi connectivity index (χ0n) is 10.8. The van der Waals surface area contributed by atoms with Gasteiger partial charge in [0.15, 0.2) is 0 Å². The number of benzene rings is 1. The second kappa shape index (κ2) is 4.99. The molecule has 1 nitrogen and oxygen atoms in total. The minimum Gasteiger partial charge on any atom is -0.388 e. The molecule has 1 aromatic carbocycles. The lowest BCUT2D eigenvalue weighted by Crippen LogP contribution is -2.16. The van der Waals surface area contributed by atoms with Crippen LogP contribution < -0.4 is 0 Å². The largest absolute Gasteiger partial charge is 0.388 e. The summed E-state index contributed by atoms with van der Waals surface area (Å²) in [7, 11) is 0. The average Bonchev–Trinajstić information content (AvgIpc) is 2.69. The van der Waals surface area contributed by atoms with Gasteiger partial charge in [-0.25, -0.2) is 0 Å². The van der Waals surface area contributed by atoms with Crippen LogP contribution in [0.1, 0.15) is 49.0 Å². The molecule has 0 heterocycles. The summed E-state index contributed by atoms with van der Waals surface area (Å²) in [5.41, 5.74) is 3.22. The van der Waals surface area contributed by atoms with Gasteiger partial charge in [-0.2, -0.15) is 0 Å². The maximum atomic E-state index is 10.5.